The molecule has 0 spiro atoms. The number of oxazole rings is 1. The Kier molecular flexibility index (Phi) is 4.60. The lowest BCUT2D eigenvalue weighted by Crippen LogP contribution is -2.48. The summed E-state index contributed by atoms with van der Waals surface area (Å²) < 4.78 is 7.45. The highest BCUT2D eigenvalue weighted by Crippen LogP contribution is 2.29. The first-order chi connectivity index (χ1) is 13.8. The zero-order valence-electron chi connectivity index (χ0n) is 16.0. The van der Waals surface area contributed by atoms with E-state index in [1.165, 1.54) is 38.7 Å². The standard InChI is InChI=1S/C21H25N5O2/c27-20(25-13-9-17(10-14-25)24-11-5-2-6-12-24)19-18(16-7-3-1-4-8-16)26-21(28-19)22-15-23-26/h1,3-4,7-8,15,17H,2,5-6,9-14H2. The Morgan fingerprint density at radius 1 is 1.00 bits per heavy atom. The van der Waals surface area contributed by atoms with Gasteiger partial charge in [-0.2, -0.15) is 14.6 Å². The SMILES string of the molecule is O=C(c1oc2ncnn2c1-c1ccccc1)N1CCC(N2CCCCC2)CC1. The molecule has 0 unspecified atom stereocenters. The van der Waals surface area contributed by atoms with E-state index in [0.717, 1.165) is 31.5 Å². The molecule has 0 bridgehead atoms. The molecule has 3 aromatic rings. The van der Waals surface area contributed by atoms with Crippen molar-refractivity contribution in [3.63, 3.8) is 0 Å². The third kappa shape index (κ3) is 3.09. The van der Waals surface area contributed by atoms with Gasteiger partial charge in [-0.3, -0.25) is 4.79 Å². The molecule has 146 valence electrons. The Labute approximate surface area is 163 Å². The summed E-state index contributed by atoms with van der Waals surface area (Å²) in [6.45, 7) is 3.95. The maximum atomic E-state index is 13.3. The predicted octanol–water partition coefficient (Wildman–Crippen LogP) is 3.08. The minimum absolute atomic E-state index is 0.0664. The van der Waals surface area contributed by atoms with Crippen LogP contribution in [0.25, 0.3) is 17.1 Å². The summed E-state index contributed by atoms with van der Waals surface area (Å²) in [4.78, 5) is 22.0. The average molecular weight is 379 g/mol. The number of carbonyl (C=O) groups excluding carboxylic acids is 1. The van der Waals surface area contributed by atoms with Gasteiger partial charge >= 0.3 is 5.84 Å². The van der Waals surface area contributed by atoms with Gasteiger partial charge < -0.3 is 14.2 Å². The molecule has 1 amide bonds. The summed E-state index contributed by atoms with van der Waals surface area (Å²) >= 11 is 0. The van der Waals surface area contributed by atoms with E-state index in [1.807, 2.05) is 35.2 Å². The second kappa shape index (κ2) is 7.39. The molecule has 7 heteroatoms. The third-order valence-corrected chi connectivity index (χ3v) is 6.04. The second-order valence-electron chi connectivity index (χ2n) is 7.72. The number of aromatic nitrogens is 3. The number of nitrogens with zero attached hydrogens (tertiary/aromatic N) is 5. The van der Waals surface area contributed by atoms with Crippen molar-refractivity contribution >= 4 is 11.8 Å². The van der Waals surface area contributed by atoms with Crippen LogP contribution in [0.2, 0.25) is 0 Å². The predicted molar refractivity (Wildman–Crippen MR) is 105 cm³/mol. The molecule has 0 radical (unpaired) electrons. The van der Waals surface area contributed by atoms with E-state index >= 15 is 0 Å². The minimum Gasteiger partial charge on any atom is -0.416 e. The van der Waals surface area contributed by atoms with E-state index in [0.29, 0.717) is 23.3 Å². The molecule has 2 saturated heterocycles. The number of fused-ring (bicyclic) bond motifs is 1. The van der Waals surface area contributed by atoms with E-state index in [-0.39, 0.29) is 5.91 Å². The summed E-state index contributed by atoms with van der Waals surface area (Å²) in [5.41, 5.74) is 1.58. The van der Waals surface area contributed by atoms with Gasteiger partial charge in [0, 0.05) is 24.7 Å². The number of piperidine rings is 2. The van der Waals surface area contributed by atoms with Gasteiger partial charge in [0.15, 0.2) is 0 Å². The highest BCUT2D eigenvalue weighted by molar-refractivity contribution is 5.98. The van der Waals surface area contributed by atoms with Crippen molar-refractivity contribution in [2.45, 2.75) is 38.1 Å². The van der Waals surface area contributed by atoms with Crippen LogP contribution in [0.3, 0.4) is 0 Å². The average Bonchev–Trinajstić information content (AvgIpc) is 3.36. The Balaban J connectivity index is 1.37. The number of hydrogen-bond donors (Lipinski definition) is 0. The lowest BCUT2D eigenvalue weighted by Gasteiger charge is -2.40. The Bertz CT molecular complexity index is 950. The monoisotopic (exact) mass is 379 g/mol. The molecule has 0 aliphatic carbocycles. The molecule has 0 saturated carbocycles. The molecule has 0 atom stereocenters. The zero-order chi connectivity index (χ0) is 18.9. The number of rotatable bonds is 3. The van der Waals surface area contributed by atoms with Gasteiger partial charge in [0.2, 0.25) is 5.76 Å². The lowest BCUT2D eigenvalue weighted by atomic mass is 9.99. The van der Waals surface area contributed by atoms with Gasteiger partial charge in [0.25, 0.3) is 5.91 Å². The van der Waals surface area contributed by atoms with Crippen LogP contribution in [-0.2, 0) is 0 Å². The lowest BCUT2D eigenvalue weighted by molar-refractivity contribution is 0.0565. The van der Waals surface area contributed by atoms with Crippen molar-refractivity contribution in [3.05, 3.63) is 42.4 Å². The van der Waals surface area contributed by atoms with E-state index in [4.69, 9.17) is 4.42 Å². The normalized spacial score (nSPS) is 19.4. The Morgan fingerprint density at radius 3 is 2.50 bits per heavy atom. The smallest absolute Gasteiger partial charge is 0.325 e. The number of amides is 1. The second-order valence-corrected chi connectivity index (χ2v) is 7.72. The molecule has 5 rings (SSSR count). The highest BCUT2D eigenvalue weighted by Gasteiger charge is 2.32. The van der Waals surface area contributed by atoms with Gasteiger partial charge in [-0.15, -0.1) is 0 Å². The van der Waals surface area contributed by atoms with Crippen LogP contribution in [0.5, 0.6) is 0 Å². The number of benzene rings is 1. The summed E-state index contributed by atoms with van der Waals surface area (Å²) in [7, 11) is 0. The topological polar surface area (TPSA) is 66.9 Å². The van der Waals surface area contributed by atoms with Gasteiger partial charge in [-0.1, -0.05) is 36.8 Å². The van der Waals surface area contributed by atoms with Gasteiger partial charge in [0.05, 0.1) is 0 Å². The number of carbonyl (C=O) groups is 1. The van der Waals surface area contributed by atoms with Crippen LogP contribution in [0.1, 0.15) is 42.7 Å². The number of hydrogen-bond acceptors (Lipinski definition) is 5. The van der Waals surface area contributed by atoms with Crippen LogP contribution < -0.4 is 0 Å². The van der Waals surface area contributed by atoms with Crippen LogP contribution >= 0.6 is 0 Å². The van der Waals surface area contributed by atoms with E-state index in [9.17, 15) is 4.79 Å². The zero-order valence-corrected chi connectivity index (χ0v) is 16.0. The maximum absolute atomic E-state index is 13.3. The van der Waals surface area contributed by atoms with Crippen molar-refractivity contribution < 1.29 is 9.21 Å². The molecular weight excluding hydrogens is 354 g/mol. The summed E-state index contributed by atoms with van der Waals surface area (Å²) in [5.74, 6) is 0.617. The van der Waals surface area contributed by atoms with Gasteiger partial charge in [-0.25, -0.2) is 0 Å². The van der Waals surface area contributed by atoms with Crippen LogP contribution in [-0.4, -0.2) is 62.5 Å². The first-order valence-corrected chi connectivity index (χ1v) is 10.2. The number of likely N-dealkylation sites (tertiary alicyclic amines) is 2. The fourth-order valence-corrected chi connectivity index (χ4v) is 4.55. The van der Waals surface area contributed by atoms with Crippen molar-refractivity contribution in [2.24, 2.45) is 0 Å². The van der Waals surface area contributed by atoms with Crippen molar-refractivity contribution in [1.29, 1.82) is 0 Å². The molecule has 2 aliphatic heterocycles. The van der Waals surface area contributed by atoms with E-state index in [1.54, 1.807) is 4.52 Å². The highest BCUT2D eigenvalue weighted by atomic mass is 16.4. The fraction of sp³-hybridized carbons (Fsp3) is 0.476. The summed E-state index contributed by atoms with van der Waals surface area (Å²) in [5, 5.41) is 4.25. The minimum atomic E-state index is -0.0664. The van der Waals surface area contributed by atoms with Crippen LogP contribution in [0.15, 0.2) is 41.1 Å². The summed E-state index contributed by atoms with van der Waals surface area (Å²) in [6, 6.07) is 10.4. The Morgan fingerprint density at radius 2 is 1.75 bits per heavy atom. The van der Waals surface area contributed by atoms with Crippen molar-refractivity contribution in [1.82, 2.24) is 24.4 Å². The quantitative estimate of drug-likeness (QED) is 0.700. The molecule has 4 heterocycles. The molecule has 2 fully saturated rings. The van der Waals surface area contributed by atoms with Gasteiger partial charge in [-0.05, 0) is 38.8 Å². The molecular formula is C21H25N5O2. The molecule has 28 heavy (non-hydrogen) atoms. The van der Waals surface area contributed by atoms with Crippen LogP contribution in [0, 0.1) is 0 Å². The maximum Gasteiger partial charge on any atom is 0.325 e. The molecule has 1 aromatic carbocycles. The molecule has 7 nitrogen and oxygen atoms in total. The van der Waals surface area contributed by atoms with Crippen LogP contribution in [0.4, 0.5) is 0 Å². The largest absolute Gasteiger partial charge is 0.416 e. The first-order valence-electron chi connectivity index (χ1n) is 10.2. The van der Waals surface area contributed by atoms with E-state index < -0.39 is 0 Å². The first kappa shape index (κ1) is 17.4. The third-order valence-electron chi connectivity index (χ3n) is 6.04. The van der Waals surface area contributed by atoms with Gasteiger partial charge in [0.1, 0.15) is 12.0 Å². The van der Waals surface area contributed by atoms with Crippen molar-refractivity contribution in [3.8, 4) is 11.3 Å². The van der Waals surface area contributed by atoms with Crippen molar-refractivity contribution in [2.75, 3.05) is 26.2 Å². The van der Waals surface area contributed by atoms with E-state index in [2.05, 4.69) is 15.0 Å². The molecule has 2 aliphatic rings. The Hall–Kier alpha value is -2.67. The molecule has 0 N–H and O–H groups in total. The molecule has 2 aromatic heterocycles. The summed E-state index contributed by atoms with van der Waals surface area (Å²) in [6.07, 6.45) is 7.47. The fourth-order valence-electron chi connectivity index (χ4n) is 4.55.